The molecule has 2 rings (SSSR count). The highest BCUT2D eigenvalue weighted by molar-refractivity contribution is 5.98. The minimum Gasteiger partial charge on any atom is -0.481 e. The molecule has 0 aliphatic heterocycles. The number of benzene rings is 1. The first-order valence-corrected chi connectivity index (χ1v) is 7.42. The molecule has 0 atom stereocenters. The van der Waals surface area contributed by atoms with E-state index in [-0.39, 0.29) is 12.3 Å². The first-order chi connectivity index (χ1) is 10.9. The van der Waals surface area contributed by atoms with Crippen LogP contribution in [-0.2, 0) is 21.4 Å². The number of nitrogens with one attached hydrogen (secondary N) is 1. The van der Waals surface area contributed by atoms with Crippen LogP contribution in [0.4, 0.5) is 5.69 Å². The quantitative estimate of drug-likeness (QED) is 0.859. The molecule has 1 aromatic carbocycles. The monoisotopic (exact) mass is 312 g/mol. The van der Waals surface area contributed by atoms with Crippen LogP contribution in [0.15, 0.2) is 48.8 Å². The number of hydrogen-bond donors (Lipinski definition) is 2. The van der Waals surface area contributed by atoms with E-state index in [0.717, 1.165) is 11.1 Å². The lowest BCUT2D eigenvalue weighted by Gasteiger charge is -2.23. The molecule has 0 aliphatic carbocycles. The van der Waals surface area contributed by atoms with Crippen LogP contribution in [0, 0.1) is 0 Å². The molecule has 1 amide bonds. The van der Waals surface area contributed by atoms with E-state index in [1.807, 2.05) is 32.0 Å². The van der Waals surface area contributed by atoms with E-state index in [1.54, 1.807) is 30.6 Å². The van der Waals surface area contributed by atoms with Gasteiger partial charge in [0, 0.05) is 24.5 Å². The lowest BCUT2D eigenvalue weighted by Crippen LogP contribution is -2.34. The number of pyridine rings is 1. The van der Waals surface area contributed by atoms with Gasteiger partial charge in [-0.2, -0.15) is 0 Å². The van der Waals surface area contributed by atoms with Crippen LogP contribution in [-0.4, -0.2) is 22.0 Å². The van der Waals surface area contributed by atoms with E-state index in [0.29, 0.717) is 12.1 Å². The number of aromatic nitrogens is 1. The number of hydrogen-bond acceptors (Lipinski definition) is 3. The second-order valence-corrected chi connectivity index (χ2v) is 5.91. The van der Waals surface area contributed by atoms with Gasteiger partial charge < -0.3 is 10.4 Å². The van der Waals surface area contributed by atoms with Gasteiger partial charge in [0.25, 0.3) is 0 Å². The summed E-state index contributed by atoms with van der Waals surface area (Å²) in [5.41, 5.74) is 1.66. The number of amides is 1. The van der Waals surface area contributed by atoms with Crippen molar-refractivity contribution < 1.29 is 14.7 Å². The second kappa shape index (κ2) is 7.05. The summed E-state index contributed by atoms with van der Waals surface area (Å²) in [5.74, 6) is -0.974. The third-order valence-corrected chi connectivity index (χ3v) is 3.76. The summed E-state index contributed by atoms with van der Waals surface area (Å²) in [6.45, 7) is 3.68. The van der Waals surface area contributed by atoms with Crippen molar-refractivity contribution in [1.82, 2.24) is 4.98 Å². The summed E-state index contributed by atoms with van der Waals surface area (Å²) >= 11 is 0. The molecule has 1 heterocycles. The first-order valence-electron chi connectivity index (χ1n) is 7.42. The Morgan fingerprint density at radius 1 is 1.22 bits per heavy atom. The molecular weight excluding hydrogens is 292 g/mol. The van der Waals surface area contributed by atoms with Crippen LogP contribution in [0.25, 0.3) is 0 Å². The Balaban J connectivity index is 2.11. The average molecular weight is 312 g/mol. The van der Waals surface area contributed by atoms with Crippen molar-refractivity contribution in [1.29, 1.82) is 0 Å². The zero-order valence-electron chi connectivity index (χ0n) is 13.2. The Labute approximate surface area is 135 Å². The van der Waals surface area contributed by atoms with Gasteiger partial charge in [0.05, 0.1) is 5.41 Å². The molecule has 120 valence electrons. The lowest BCUT2D eigenvalue weighted by atomic mass is 9.84. The number of rotatable bonds is 6. The molecule has 0 aliphatic rings. The molecule has 5 nitrogen and oxygen atoms in total. The molecule has 23 heavy (non-hydrogen) atoms. The third kappa shape index (κ3) is 4.39. The normalized spacial score (nSPS) is 11.0. The summed E-state index contributed by atoms with van der Waals surface area (Å²) in [7, 11) is 0. The largest absolute Gasteiger partial charge is 0.481 e. The van der Waals surface area contributed by atoms with Crippen molar-refractivity contribution >= 4 is 17.6 Å². The minimum absolute atomic E-state index is 0.0680. The molecule has 0 saturated carbocycles. The molecule has 1 aromatic heterocycles. The molecule has 0 saturated heterocycles. The Hall–Kier alpha value is -2.69. The van der Waals surface area contributed by atoms with E-state index < -0.39 is 11.4 Å². The summed E-state index contributed by atoms with van der Waals surface area (Å²) in [4.78, 5) is 27.3. The summed E-state index contributed by atoms with van der Waals surface area (Å²) in [6, 6.07) is 10.9. The van der Waals surface area contributed by atoms with E-state index in [4.69, 9.17) is 5.11 Å². The highest BCUT2D eigenvalue weighted by Crippen LogP contribution is 2.24. The maximum atomic E-state index is 12.6. The summed E-state index contributed by atoms with van der Waals surface area (Å²) in [6.07, 6.45) is 3.86. The average Bonchev–Trinajstić information content (AvgIpc) is 2.54. The maximum absolute atomic E-state index is 12.6. The zero-order valence-corrected chi connectivity index (χ0v) is 13.2. The molecule has 0 spiro atoms. The summed E-state index contributed by atoms with van der Waals surface area (Å²) in [5, 5.41) is 11.6. The lowest BCUT2D eigenvalue weighted by molar-refractivity contribution is -0.137. The standard InChI is InChI=1S/C18H20N2O3/c1-18(2,14-6-4-10-19-12-14)17(23)20-15-7-3-5-13(11-15)8-9-16(21)22/h3-7,10-12H,8-9H2,1-2H3,(H,20,23)(H,21,22). The van der Waals surface area contributed by atoms with Crippen LogP contribution >= 0.6 is 0 Å². The Kier molecular flexibility index (Phi) is 5.11. The van der Waals surface area contributed by atoms with Gasteiger partial charge in [0.1, 0.15) is 0 Å². The van der Waals surface area contributed by atoms with Gasteiger partial charge in [-0.05, 0) is 49.6 Å². The van der Waals surface area contributed by atoms with Crippen LogP contribution < -0.4 is 5.32 Å². The van der Waals surface area contributed by atoms with E-state index in [1.165, 1.54) is 0 Å². The molecule has 0 bridgehead atoms. The van der Waals surface area contributed by atoms with Crippen molar-refractivity contribution in [3.05, 3.63) is 59.9 Å². The molecule has 2 N–H and O–H groups in total. The SMILES string of the molecule is CC(C)(C(=O)Nc1cccc(CCC(=O)O)c1)c1cccnc1. The van der Waals surface area contributed by atoms with Crippen molar-refractivity contribution in [2.24, 2.45) is 0 Å². The number of carbonyl (C=O) groups is 2. The number of carbonyl (C=O) groups excluding carboxylic acids is 1. The number of carboxylic acids is 1. The van der Waals surface area contributed by atoms with Crippen molar-refractivity contribution in [3.8, 4) is 0 Å². The van der Waals surface area contributed by atoms with Crippen molar-refractivity contribution in [3.63, 3.8) is 0 Å². The number of carboxylic acid groups (broad SMARTS) is 1. The fourth-order valence-corrected chi connectivity index (χ4v) is 2.21. The van der Waals surface area contributed by atoms with E-state index in [2.05, 4.69) is 10.3 Å². The fourth-order valence-electron chi connectivity index (χ4n) is 2.21. The smallest absolute Gasteiger partial charge is 0.303 e. The molecule has 0 unspecified atom stereocenters. The number of aliphatic carboxylic acids is 1. The van der Waals surface area contributed by atoms with Gasteiger partial charge in [0.2, 0.25) is 5.91 Å². The molecular formula is C18H20N2O3. The minimum atomic E-state index is -0.836. The van der Waals surface area contributed by atoms with Gasteiger partial charge >= 0.3 is 5.97 Å². The van der Waals surface area contributed by atoms with Crippen LogP contribution in [0.1, 0.15) is 31.4 Å². The van der Waals surface area contributed by atoms with E-state index in [9.17, 15) is 9.59 Å². The van der Waals surface area contributed by atoms with Crippen LogP contribution in [0.3, 0.4) is 0 Å². The topological polar surface area (TPSA) is 79.3 Å². The van der Waals surface area contributed by atoms with Crippen molar-refractivity contribution in [2.75, 3.05) is 5.32 Å². The highest BCUT2D eigenvalue weighted by Gasteiger charge is 2.30. The zero-order chi connectivity index (χ0) is 16.9. The Bertz CT molecular complexity index is 696. The summed E-state index contributed by atoms with van der Waals surface area (Å²) < 4.78 is 0. The highest BCUT2D eigenvalue weighted by atomic mass is 16.4. The number of nitrogens with zero attached hydrogens (tertiary/aromatic N) is 1. The van der Waals surface area contributed by atoms with Gasteiger partial charge in [-0.15, -0.1) is 0 Å². The number of anilines is 1. The van der Waals surface area contributed by atoms with Gasteiger partial charge in [-0.1, -0.05) is 18.2 Å². The molecule has 2 aromatic rings. The predicted molar refractivity (Wildman–Crippen MR) is 88.3 cm³/mol. The van der Waals surface area contributed by atoms with Gasteiger partial charge in [-0.25, -0.2) is 0 Å². The van der Waals surface area contributed by atoms with Gasteiger partial charge in [0.15, 0.2) is 0 Å². The Morgan fingerprint density at radius 2 is 2.00 bits per heavy atom. The van der Waals surface area contributed by atoms with Crippen molar-refractivity contribution in [2.45, 2.75) is 32.1 Å². The molecule has 5 heteroatoms. The van der Waals surface area contributed by atoms with Crippen LogP contribution in [0.5, 0.6) is 0 Å². The third-order valence-electron chi connectivity index (χ3n) is 3.76. The molecule has 0 fully saturated rings. The fraction of sp³-hybridized carbons (Fsp3) is 0.278. The van der Waals surface area contributed by atoms with Gasteiger partial charge in [-0.3, -0.25) is 14.6 Å². The first kappa shape index (κ1) is 16.7. The predicted octanol–water partition coefficient (Wildman–Crippen LogP) is 3.02. The number of aryl methyl sites for hydroxylation is 1. The Morgan fingerprint density at radius 3 is 2.65 bits per heavy atom. The van der Waals surface area contributed by atoms with E-state index >= 15 is 0 Å². The maximum Gasteiger partial charge on any atom is 0.303 e. The second-order valence-electron chi connectivity index (χ2n) is 5.91. The van der Waals surface area contributed by atoms with Crippen LogP contribution in [0.2, 0.25) is 0 Å². The molecule has 0 radical (unpaired) electrons.